The highest BCUT2D eigenvalue weighted by Gasteiger charge is 1.94. The molecule has 0 atom stereocenters. The zero-order chi connectivity index (χ0) is 11.8. The number of hydrogen-bond donors (Lipinski definition) is 1. The monoisotopic (exact) mass is 222 g/mol. The van der Waals surface area contributed by atoms with Gasteiger partial charge in [-0.25, -0.2) is 4.39 Å². The molecule has 88 valence electrons. The lowest BCUT2D eigenvalue weighted by Gasteiger charge is -2.01. The molecule has 0 radical (unpaired) electrons. The van der Waals surface area contributed by atoms with E-state index in [4.69, 9.17) is 5.11 Å². The van der Waals surface area contributed by atoms with Crippen molar-refractivity contribution < 1.29 is 9.50 Å². The molecule has 1 aromatic rings. The van der Waals surface area contributed by atoms with Crippen LogP contribution in [0.5, 0.6) is 0 Å². The summed E-state index contributed by atoms with van der Waals surface area (Å²) in [5, 5.41) is 8.68. The van der Waals surface area contributed by atoms with E-state index in [1.54, 1.807) is 0 Å². The highest BCUT2D eigenvalue weighted by Crippen LogP contribution is 2.09. The molecule has 0 fully saturated rings. The van der Waals surface area contributed by atoms with Gasteiger partial charge in [0.2, 0.25) is 0 Å². The van der Waals surface area contributed by atoms with Crippen LogP contribution in [0.2, 0.25) is 0 Å². The fourth-order valence-corrected chi connectivity index (χ4v) is 1.60. The molecule has 0 aliphatic carbocycles. The Morgan fingerprint density at radius 1 is 1.31 bits per heavy atom. The lowest BCUT2D eigenvalue weighted by atomic mass is 10.1. The topological polar surface area (TPSA) is 20.2 Å². The fraction of sp³-hybridized carbons (Fsp3) is 0.429. The third kappa shape index (κ3) is 5.08. The Morgan fingerprint density at radius 2 is 2.00 bits per heavy atom. The maximum Gasteiger partial charge on any atom is 0.123 e. The zero-order valence-corrected chi connectivity index (χ0v) is 9.75. The summed E-state index contributed by atoms with van der Waals surface area (Å²) in [7, 11) is 0. The molecule has 0 unspecified atom stereocenters. The van der Waals surface area contributed by atoms with E-state index in [2.05, 4.69) is 13.0 Å². The molecule has 1 N–H and O–H groups in total. The lowest BCUT2D eigenvalue weighted by molar-refractivity contribution is 0.288. The average molecular weight is 222 g/mol. The molecule has 1 aromatic carbocycles. The molecular weight excluding hydrogens is 203 g/mol. The van der Waals surface area contributed by atoms with E-state index in [1.807, 2.05) is 12.1 Å². The Kier molecular flexibility index (Phi) is 5.79. The largest absolute Gasteiger partial charge is 0.396 e. The third-order valence-corrected chi connectivity index (χ3v) is 2.57. The van der Waals surface area contributed by atoms with Gasteiger partial charge in [-0.1, -0.05) is 23.8 Å². The Bertz CT molecular complexity index is 327. The van der Waals surface area contributed by atoms with E-state index in [-0.39, 0.29) is 12.4 Å². The highest BCUT2D eigenvalue weighted by atomic mass is 19.1. The smallest absolute Gasteiger partial charge is 0.123 e. The van der Waals surface area contributed by atoms with Crippen molar-refractivity contribution in [3.8, 4) is 0 Å². The van der Waals surface area contributed by atoms with Crippen molar-refractivity contribution in [2.75, 3.05) is 6.61 Å². The minimum Gasteiger partial charge on any atom is -0.396 e. The van der Waals surface area contributed by atoms with Gasteiger partial charge in [0.25, 0.3) is 0 Å². The first-order chi connectivity index (χ1) is 7.72. The fourth-order valence-electron chi connectivity index (χ4n) is 1.60. The zero-order valence-electron chi connectivity index (χ0n) is 9.75. The molecule has 1 nitrogen and oxygen atoms in total. The number of aryl methyl sites for hydroxylation is 1. The Morgan fingerprint density at radius 3 is 2.62 bits per heavy atom. The van der Waals surface area contributed by atoms with Crippen LogP contribution in [0.15, 0.2) is 35.9 Å². The van der Waals surface area contributed by atoms with Crippen LogP contribution in [0, 0.1) is 5.82 Å². The second-order valence-electron chi connectivity index (χ2n) is 4.04. The molecule has 0 heterocycles. The van der Waals surface area contributed by atoms with Gasteiger partial charge in [-0.05, 0) is 50.3 Å². The number of aliphatic hydroxyl groups is 1. The van der Waals surface area contributed by atoms with E-state index in [0.717, 1.165) is 31.2 Å². The van der Waals surface area contributed by atoms with Crippen LogP contribution < -0.4 is 0 Å². The van der Waals surface area contributed by atoms with Gasteiger partial charge in [0.1, 0.15) is 5.82 Å². The van der Waals surface area contributed by atoms with Gasteiger partial charge in [-0.3, -0.25) is 0 Å². The summed E-state index contributed by atoms with van der Waals surface area (Å²) in [5.41, 5.74) is 2.48. The normalized spacial score (nSPS) is 11.8. The summed E-state index contributed by atoms with van der Waals surface area (Å²) in [5.74, 6) is -0.182. The predicted molar refractivity (Wildman–Crippen MR) is 64.8 cm³/mol. The van der Waals surface area contributed by atoms with Gasteiger partial charge in [0.15, 0.2) is 0 Å². The molecule has 0 aliphatic heterocycles. The van der Waals surface area contributed by atoms with Crippen molar-refractivity contribution in [2.24, 2.45) is 0 Å². The Balaban J connectivity index is 2.31. The second kappa shape index (κ2) is 7.18. The molecule has 0 aliphatic rings. The summed E-state index contributed by atoms with van der Waals surface area (Å²) in [6, 6.07) is 6.65. The van der Waals surface area contributed by atoms with Crippen LogP contribution in [0.4, 0.5) is 4.39 Å². The number of rotatable bonds is 6. The van der Waals surface area contributed by atoms with Crippen molar-refractivity contribution in [1.82, 2.24) is 0 Å². The van der Waals surface area contributed by atoms with Gasteiger partial charge in [0.05, 0.1) is 0 Å². The summed E-state index contributed by atoms with van der Waals surface area (Å²) in [6.07, 6.45) is 5.90. The molecule has 1 rings (SSSR count). The third-order valence-electron chi connectivity index (χ3n) is 2.57. The van der Waals surface area contributed by atoms with Crippen molar-refractivity contribution in [2.45, 2.75) is 32.6 Å². The average Bonchev–Trinajstić information content (AvgIpc) is 2.29. The molecule has 0 amide bonds. The molecule has 16 heavy (non-hydrogen) atoms. The van der Waals surface area contributed by atoms with Gasteiger partial charge < -0.3 is 5.11 Å². The van der Waals surface area contributed by atoms with Crippen LogP contribution >= 0.6 is 0 Å². The first-order valence-electron chi connectivity index (χ1n) is 5.73. The number of allylic oxidation sites excluding steroid dienone is 2. The van der Waals surface area contributed by atoms with Crippen molar-refractivity contribution >= 4 is 0 Å². The molecular formula is C14H19FO. The summed E-state index contributed by atoms with van der Waals surface area (Å²) in [4.78, 5) is 0. The quantitative estimate of drug-likeness (QED) is 0.731. The van der Waals surface area contributed by atoms with E-state index in [9.17, 15) is 4.39 Å². The van der Waals surface area contributed by atoms with Crippen molar-refractivity contribution in [1.29, 1.82) is 0 Å². The van der Waals surface area contributed by atoms with Crippen LogP contribution in [0.25, 0.3) is 0 Å². The van der Waals surface area contributed by atoms with Crippen molar-refractivity contribution in [3.05, 3.63) is 47.3 Å². The van der Waals surface area contributed by atoms with Crippen LogP contribution in [-0.4, -0.2) is 11.7 Å². The number of halogens is 1. The molecule has 0 saturated carbocycles. The van der Waals surface area contributed by atoms with Crippen LogP contribution in [-0.2, 0) is 6.42 Å². The minimum absolute atomic E-state index is 0.182. The molecule has 0 bridgehead atoms. The maximum absolute atomic E-state index is 12.6. The second-order valence-corrected chi connectivity index (χ2v) is 4.04. The standard InChI is InChI=1S/C14H19FO/c1-12(5-3-11-16)4-2-6-13-7-9-14(15)10-8-13/h4,7-10,16H,2-3,5-6,11H2,1H3. The Hall–Kier alpha value is -1.15. The first kappa shape index (κ1) is 12.9. The number of benzene rings is 1. The highest BCUT2D eigenvalue weighted by molar-refractivity contribution is 5.16. The van der Waals surface area contributed by atoms with Gasteiger partial charge in [0, 0.05) is 6.61 Å². The van der Waals surface area contributed by atoms with Crippen LogP contribution in [0.3, 0.4) is 0 Å². The number of hydrogen-bond acceptors (Lipinski definition) is 1. The minimum atomic E-state index is -0.182. The van der Waals surface area contributed by atoms with E-state index in [0.29, 0.717) is 0 Å². The van der Waals surface area contributed by atoms with Gasteiger partial charge in [-0.15, -0.1) is 0 Å². The molecule has 2 heteroatoms. The van der Waals surface area contributed by atoms with E-state index < -0.39 is 0 Å². The van der Waals surface area contributed by atoms with Gasteiger partial charge >= 0.3 is 0 Å². The summed E-state index contributed by atoms with van der Waals surface area (Å²) >= 11 is 0. The maximum atomic E-state index is 12.6. The molecule has 0 saturated heterocycles. The van der Waals surface area contributed by atoms with Gasteiger partial charge in [-0.2, -0.15) is 0 Å². The summed E-state index contributed by atoms with van der Waals surface area (Å²) < 4.78 is 12.6. The lowest BCUT2D eigenvalue weighted by Crippen LogP contribution is -1.87. The number of aliphatic hydroxyl groups excluding tert-OH is 1. The summed E-state index contributed by atoms with van der Waals surface area (Å²) in [6.45, 7) is 2.34. The predicted octanol–water partition coefficient (Wildman–Crippen LogP) is 3.48. The molecule has 0 aromatic heterocycles. The van der Waals surface area contributed by atoms with E-state index in [1.165, 1.54) is 17.7 Å². The van der Waals surface area contributed by atoms with Crippen molar-refractivity contribution in [3.63, 3.8) is 0 Å². The molecule has 0 spiro atoms. The van der Waals surface area contributed by atoms with Crippen LogP contribution in [0.1, 0.15) is 31.7 Å². The van der Waals surface area contributed by atoms with E-state index >= 15 is 0 Å². The SMILES string of the molecule is CC(=CCCc1ccc(F)cc1)CCCO. The Labute approximate surface area is 96.6 Å². The first-order valence-corrected chi connectivity index (χ1v) is 5.73.